The molecule has 0 fully saturated rings. The molecule has 1 atom stereocenters. The number of fused-ring (bicyclic) bond motifs is 1. The molecule has 22 heavy (non-hydrogen) atoms. The zero-order valence-corrected chi connectivity index (χ0v) is 13.9. The van der Waals surface area contributed by atoms with E-state index in [9.17, 15) is 9.18 Å². The van der Waals surface area contributed by atoms with Crippen molar-refractivity contribution < 1.29 is 18.7 Å². The normalized spacial score (nSPS) is 19.5. The first-order valence-electron chi connectivity index (χ1n) is 6.49. The summed E-state index contributed by atoms with van der Waals surface area (Å²) in [7, 11) is 1.29. The molecule has 3 nitrogen and oxygen atoms in total. The molecule has 114 valence electrons. The number of methoxy groups -OCH3 is 1. The Hall–Kier alpha value is -1.59. The Kier molecular flexibility index (Phi) is 3.87. The monoisotopic (exact) mass is 384 g/mol. The molecule has 3 rings (SSSR count). The molecule has 0 amide bonds. The minimum Gasteiger partial charge on any atom is -0.470 e. The minimum absolute atomic E-state index is 0.0314. The highest BCUT2D eigenvalue weighted by atomic mass is 79.9. The first-order valence-corrected chi connectivity index (χ1v) is 7.66. The van der Waals surface area contributed by atoms with Gasteiger partial charge in [0.2, 0.25) is 5.60 Å². The first-order chi connectivity index (χ1) is 10.5. The van der Waals surface area contributed by atoms with Crippen LogP contribution >= 0.6 is 27.5 Å². The van der Waals surface area contributed by atoms with E-state index in [0.717, 1.165) is 0 Å². The van der Waals surface area contributed by atoms with E-state index in [4.69, 9.17) is 21.1 Å². The molecule has 1 aliphatic heterocycles. The number of carbonyl (C=O) groups excluding carboxylic acids is 1. The van der Waals surface area contributed by atoms with Crippen LogP contribution in [0.5, 0.6) is 5.75 Å². The largest absolute Gasteiger partial charge is 0.470 e. The summed E-state index contributed by atoms with van der Waals surface area (Å²) in [4.78, 5) is 12.4. The molecule has 0 aromatic heterocycles. The molecule has 1 heterocycles. The molecular weight excluding hydrogens is 375 g/mol. The molecular formula is C16H11BrClFO3. The van der Waals surface area contributed by atoms with Gasteiger partial charge in [0.15, 0.2) is 0 Å². The van der Waals surface area contributed by atoms with E-state index in [1.165, 1.54) is 13.2 Å². The number of ether oxygens (including phenoxy) is 2. The van der Waals surface area contributed by atoms with Crippen LogP contribution in [-0.2, 0) is 21.6 Å². The third kappa shape index (κ3) is 2.20. The third-order valence-corrected chi connectivity index (χ3v) is 5.16. The zero-order chi connectivity index (χ0) is 15.9. The van der Waals surface area contributed by atoms with Crippen molar-refractivity contribution in [3.05, 3.63) is 62.8 Å². The molecule has 2 aromatic rings. The quantitative estimate of drug-likeness (QED) is 0.573. The summed E-state index contributed by atoms with van der Waals surface area (Å²) in [5, 5.41) is -0.0314. The molecule has 0 aliphatic carbocycles. The SMILES string of the molecule is COC(=O)C1(c2ccccc2)Cc2c(cc(F)c(Cl)c2Br)O1. The summed E-state index contributed by atoms with van der Waals surface area (Å²) >= 11 is 9.19. The molecule has 0 saturated heterocycles. The van der Waals surface area contributed by atoms with Gasteiger partial charge in [0.25, 0.3) is 0 Å². The highest BCUT2D eigenvalue weighted by Crippen LogP contribution is 2.47. The van der Waals surface area contributed by atoms with Crippen LogP contribution in [0.25, 0.3) is 0 Å². The van der Waals surface area contributed by atoms with Gasteiger partial charge in [-0.25, -0.2) is 9.18 Å². The van der Waals surface area contributed by atoms with E-state index in [-0.39, 0.29) is 17.2 Å². The van der Waals surface area contributed by atoms with Crippen LogP contribution < -0.4 is 4.74 Å². The third-order valence-electron chi connectivity index (χ3n) is 3.69. The van der Waals surface area contributed by atoms with Crippen LogP contribution in [0.3, 0.4) is 0 Å². The summed E-state index contributed by atoms with van der Waals surface area (Å²) in [6.07, 6.45) is 0.208. The predicted octanol–water partition coefficient (Wildman–Crippen LogP) is 4.25. The van der Waals surface area contributed by atoms with Gasteiger partial charge in [-0.05, 0) is 15.9 Å². The van der Waals surface area contributed by atoms with Crippen LogP contribution in [-0.4, -0.2) is 13.1 Å². The van der Waals surface area contributed by atoms with Crippen molar-refractivity contribution in [1.29, 1.82) is 0 Å². The van der Waals surface area contributed by atoms with Crippen LogP contribution in [0.4, 0.5) is 4.39 Å². The van der Waals surface area contributed by atoms with E-state index in [1.54, 1.807) is 24.3 Å². The van der Waals surface area contributed by atoms with Gasteiger partial charge in [-0.15, -0.1) is 0 Å². The summed E-state index contributed by atoms with van der Waals surface area (Å²) in [5.41, 5.74) is -0.0556. The molecule has 0 bridgehead atoms. The summed E-state index contributed by atoms with van der Waals surface area (Å²) in [6.45, 7) is 0. The zero-order valence-electron chi connectivity index (χ0n) is 11.5. The molecule has 0 spiro atoms. The van der Waals surface area contributed by atoms with E-state index in [1.807, 2.05) is 6.07 Å². The number of hydrogen-bond acceptors (Lipinski definition) is 3. The van der Waals surface area contributed by atoms with Gasteiger partial charge < -0.3 is 9.47 Å². The molecule has 0 radical (unpaired) electrons. The Morgan fingerprint density at radius 1 is 1.41 bits per heavy atom. The van der Waals surface area contributed by atoms with Gasteiger partial charge in [-0.3, -0.25) is 0 Å². The van der Waals surface area contributed by atoms with Crippen molar-refractivity contribution in [2.45, 2.75) is 12.0 Å². The molecule has 1 aliphatic rings. The van der Waals surface area contributed by atoms with Gasteiger partial charge in [-0.2, -0.15) is 0 Å². The number of carbonyl (C=O) groups is 1. The summed E-state index contributed by atoms with van der Waals surface area (Å²) in [5.74, 6) is -0.873. The number of hydrogen-bond donors (Lipinski definition) is 0. The van der Waals surface area contributed by atoms with Crippen molar-refractivity contribution in [2.75, 3.05) is 7.11 Å². The average Bonchev–Trinajstić information content (AvgIpc) is 2.93. The van der Waals surface area contributed by atoms with Crippen LogP contribution in [0.2, 0.25) is 5.02 Å². The lowest BCUT2D eigenvalue weighted by molar-refractivity contribution is -0.158. The second kappa shape index (κ2) is 5.56. The van der Waals surface area contributed by atoms with E-state index >= 15 is 0 Å². The predicted molar refractivity (Wildman–Crippen MR) is 83.6 cm³/mol. The second-order valence-electron chi connectivity index (χ2n) is 4.93. The maximum atomic E-state index is 13.8. The van der Waals surface area contributed by atoms with Crippen LogP contribution in [0, 0.1) is 5.82 Å². The second-order valence-corrected chi connectivity index (χ2v) is 6.10. The fourth-order valence-corrected chi connectivity index (χ4v) is 3.30. The number of benzene rings is 2. The smallest absolute Gasteiger partial charge is 0.355 e. The number of esters is 1. The standard InChI is InChI=1S/C16H11BrClFO3/c1-21-15(20)16(9-5-3-2-4-6-9)8-10-12(22-16)7-11(19)14(18)13(10)17/h2-7H,8H2,1H3. The molecule has 6 heteroatoms. The Morgan fingerprint density at radius 3 is 2.73 bits per heavy atom. The van der Waals surface area contributed by atoms with E-state index in [0.29, 0.717) is 15.6 Å². The van der Waals surface area contributed by atoms with Gasteiger partial charge in [0.05, 0.1) is 12.1 Å². The number of halogens is 3. The van der Waals surface area contributed by atoms with Gasteiger partial charge >= 0.3 is 5.97 Å². The van der Waals surface area contributed by atoms with Crippen LogP contribution in [0.1, 0.15) is 11.1 Å². The van der Waals surface area contributed by atoms with Gasteiger partial charge in [0, 0.05) is 28.1 Å². The Bertz CT molecular complexity index is 751. The fraction of sp³-hybridized carbons (Fsp3) is 0.188. The Labute approximate surface area is 140 Å². The average molecular weight is 386 g/mol. The topological polar surface area (TPSA) is 35.5 Å². The lowest BCUT2D eigenvalue weighted by Crippen LogP contribution is -2.41. The Morgan fingerprint density at radius 2 is 2.09 bits per heavy atom. The lowest BCUT2D eigenvalue weighted by atomic mass is 9.89. The Balaban J connectivity index is 2.17. The molecule has 2 aromatic carbocycles. The minimum atomic E-state index is -1.34. The van der Waals surface area contributed by atoms with E-state index < -0.39 is 17.4 Å². The summed E-state index contributed by atoms with van der Waals surface area (Å²) in [6, 6.07) is 10.2. The van der Waals surface area contributed by atoms with Crippen LogP contribution in [0.15, 0.2) is 40.9 Å². The van der Waals surface area contributed by atoms with Gasteiger partial charge in [0.1, 0.15) is 11.6 Å². The van der Waals surface area contributed by atoms with Gasteiger partial charge in [-0.1, -0.05) is 41.9 Å². The first kappa shape index (κ1) is 15.3. The molecule has 1 unspecified atom stereocenters. The highest BCUT2D eigenvalue weighted by molar-refractivity contribution is 9.10. The lowest BCUT2D eigenvalue weighted by Gasteiger charge is -2.26. The molecule has 0 N–H and O–H groups in total. The van der Waals surface area contributed by atoms with Crippen molar-refractivity contribution in [3.63, 3.8) is 0 Å². The highest BCUT2D eigenvalue weighted by Gasteiger charge is 2.50. The summed E-state index contributed by atoms with van der Waals surface area (Å²) < 4.78 is 25.0. The van der Waals surface area contributed by atoms with E-state index in [2.05, 4.69) is 15.9 Å². The van der Waals surface area contributed by atoms with Crippen molar-refractivity contribution in [2.24, 2.45) is 0 Å². The maximum Gasteiger partial charge on any atom is 0.355 e. The van der Waals surface area contributed by atoms with Crippen molar-refractivity contribution >= 4 is 33.5 Å². The fourth-order valence-electron chi connectivity index (χ4n) is 2.60. The maximum absolute atomic E-state index is 13.8. The molecule has 0 saturated carbocycles. The number of rotatable bonds is 2. The van der Waals surface area contributed by atoms with Crippen molar-refractivity contribution in [3.8, 4) is 5.75 Å². The van der Waals surface area contributed by atoms with Crippen molar-refractivity contribution in [1.82, 2.24) is 0 Å².